The fourth-order valence-electron chi connectivity index (χ4n) is 4.93. The van der Waals surface area contributed by atoms with Crippen LogP contribution in [-0.4, -0.2) is 96.2 Å². The van der Waals surface area contributed by atoms with E-state index < -0.39 is 0 Å². The van der Waals surface area contributed by atoms with Crippen LogP contribution in [0.1, 0.15) is 25.8 Å². The molecule has 0 aliphatic carbocycles. The van der Waals surface area contributed by atoms with Crippen molar-refractivity contribution in [3.63, 3.8) is 0 Å². The fraction of sp³-hybridized carbons (Fsp3) is 0.500. The molecular weight excluding hydrogens is 488 g/mol. The number of piperidine rings is 1. The fourth-order valence-corrected chi connectivity index (χ4v) is 4.93. The Balaban J connectivity index is 1.44. The van der Waals surface area contributed by atoms with E-state index in [0.29, 0.717) is 37.9 Å². The standard InChI is InChI=1S/C26H34N8O4/c1-3-38-22(35)17-32-10-8-20(9-11-32)34-25-21(16-28-34)24(33-12-14-37-15-13-33)30-23(31-25)18-4-6-19(7-5-18)29-26(36)27-2/h4-7,16,20H,3,8-15,17H2,1-2H3,(H2,27,29,36). The summed E-state index contributed by atoms with van der Waals surface area (Å²) >= 11 is 0. The number of rotatable bonds is 7. The minimum absolute atomic E-state index is 0.172. The summed E-state index contributed by atoms with van der Waals surface area (Å²) < 4.78 is 12.7. The quantitative estimate of drug-likeness (QED) is 0.449. The number of hydrogen-bond acceptors (Lipinski definition) is 9. The molecule has 0 saturated carbocycles. The second-order valence-electron chi connectivity index (χ2n) is 9.39. The minimum Gasteiger partial charge on any atom is -0.465 e. The minimum atomic E-state index is -0.276. The highest BCUT2D eigenvalue weighted by Gasteiger charge is 2.27. The summed E-state index contributed by atoms with van der Waals surface area (Å²) in [5, 5.41) is 11.0. The van der Waals surface area contributed by atoms with Crippen LogP contribution >= 0.6 is 0 Å². The molecule has 12 heteroatoms. The predicted octanol–water partition coefficient (Wildman–Crippen LogP) is 2.28. The van der Waals surface area contributed by atoms with Gasteiger partial charge in [-0.15, -0.1) is 0 Å². The molecule has 0 unspecified atom stereocenters. The van der Waals surface area contributed by atoms with E-state index in [0.717, 1.165) is 61.4 Å². The number of fused-ring (bicyclic) bond motifs is 1. The first-order valence-electron chi connectivity index (χ1n) is 13.1. The molecule has 0 spiro atoms. The van der Waals surface area contributed by atoms with E-state index in [1.807, 2.05) is 42.1 Å². The maximum absolute atomic E-state index is 11.9. The maximum atomic E-state index is 11.9. The Morgan fingerprint density at radius 1 is 1.08 bits per heavy atom. The van der Waals surface area contributed by atoms with Gasteiger partial charge >= 0.3 is 12.0 Å². The second-order valence-corrected chi connectivity index (χ2v) is 9.39. The first-order chi connectivity index (χ1) is 18.6. The van der Waals surface area contributed by atoms with E-state index in [1.165, 1.54) is 0 Å². The van der Waals surface area contributed by atoms with E-state index in [-0.39, 0.29) is 18.0 Å². The third-order valence-corrected chi connectivity index (χ3v) is 6.93. The molecule has 202 valence electrons. The molecule has 0 radical (unpaired) electrons. The highest BCUT2D eigenvalue weighted by atomic mass is 16.5. The van der Waals surface area contributed by atoms with Gasteiger partial charge in [-0.2, -0.15) is 5.10 Å². The number of ether oxygens (including phenoxy) is 2. The van der Waals surface area contributed by atoms with E-state index in [1.54, 1.807) is 7.05 Å². The van der Waals surface area contributed by atoms with Crippen molar-refractivity contribution in [2.45, 2.75) is 25.8 Å². The molecule has 2 N–H and O–H groups in total. The molecule has 2 saturated heterocycles. The van der Waals surface area contributed by atoms with Crippen LogP contribution in [0, 0.1) is 0 Å². The van der Waals surface area contributed by atoms with Crippen LogP contribution in [0.2, 0.25) is 0 Å². The van der Waals surface area contributed by atoms with Crippen molar-refractivity contribution >= 4 is 34.5 Å². The van der Waals surface area contributed by atoms with Crippen molar-refractivity contribution < 1.29 is 19.1 Å². The molecule has 2 amide bonds. The van der Waals surface area contributed by atoms with Crippen LogP contribution < -0.4 is 15.5 Å². The lowest BCUT2D eigenvalue weighted by Gasteiger charge is -2.31. The topological polar surface area (TPSA) is 127 Å². The Labute approximate surface area is 221 Å². The van der Waals surface area contributed by atoms with Crippen LogP contribution in [-0.2, 0) is 14.3 Å². The number of benzene rings is 1. The molecule has 0 atom stereocenters. The molecular formula is C26H34N8O4. The van der Waals surface area contributed by atoms with Crippen molar-refractivity contribution in [1.29, 1.82) is 0 Å². The van der Waals surface area contributed by atoms with Gasteiger partial charge in [0.1, 0.15) is 5.82 Å². The Hall–Kier alpha value is -3.77. The average molecular weight is 523 g/mol. The zero-order valence-electron chi connectivity index (χ0n) is 21.9. The maximum Gasteiger partial charge on any atom is 0.320 e. The smallest absolute Gasteiger partial charge is 0.320 e. The van der Waals surface area contributed by atoms with Gasteiger partial charge in [-0.25, -0.2) is 19.4 Å². The normalized spacial score (nSPS) is 16.9. The van der Waals surface area contributed by atoms with Gasteiger partial charge in [-0.3, -0.25) is 9.69 Å². The summed E-state index contributed by atoms with van der Waals surface area (Å²) in [6.07, 6.45) is 3.59. The Kier molecular flexibility index (Phi) is 7.99. The number of esters is 1. The van der Waals surface area contributed by atoms with E-state index in [4.69, 9.17) is 24.5 Å². The van der Waals surface area contributed by atoms with Gasteiger partial charge in [-0.1, -0.05) is 0 Å². The first kappa shape index (κ1) is 25.9. The zero-order chi connectivity index (χ0) is 26.5. The van der Waals surface area contributed by atoms with Gasteiger partial charge < -0.3 is 25.0 Å². The molecule has 3 aromatic rings. The van der Waals surface area contributed by atoms with Crippen molar-refractivity contribution in [3.8, 4) is 11.4 Å². The lowest BCUT2D eigenvalue weighted by atomic mass is 10.1. The highest BCUT2D eigenvalue weighted by Crippen LogP contribution is 2.32. The molecule has 0 bridgehead atoms. The SMILES string of the molecule is CCOC(=O)CN1CCC(n2ncc3c(N4CCOCC4)nc(-c4ccc(NC(=O)NC)cc4)nc32)CC1. The number of nitrogens with one attached hydrogen (secondary N) is 2. The lowest BCUT2D eigenvalue weighted by Crippen LogP contribution is -2.38. The molecule has 5 rings (SSSR count). The van der Waals surface area contributed by atoms with E-state index >= 15 is 0 Å². The Morgan fingerprint density at radius 2 is 1.82 bits per heavy atom. The number of nitrogens with zero attached hydrogens (tertiary/aromatic N) is 6. The van der Waals surface area contributed by atoms with Crippen molar-refractivity contribution in [2.24, 2.45) is 0 Å². The molecule has 2 aromatic heterocycles. The summed E-state index contributed by atoms with van der Waals surface area (Å²) in [6.45, 7) is 6.91. The van der Waals surface area contributed by atoms with Gasteiger partial charge in [-0.05, 0) is 44.0 Å². The van der Waals surface area contributed by atoms with Crippen LogP contribution in [0.25, 0.3) is 22.4 Å². The number of amides is 2. The number of carbonyl (C=O) groups excluding carboxylic acids is 2. The van der Waals surface area contributed by atoms with Gasteiger partial charge in [0.25, 0.3) is 0 Å². The third-order valence-electron chi connectivity index (χ3n) is 6.93. The second kappa shape index (κ2) is 11.7. The summed E-state index contributed by atoms with van der Waals surface area (Å²) in [7, 11) is 1.58. The van der Waals surface area contributed by atoms with Crippen molar-refractivity contribution in [3.05, 3.63) is 30.5 Å². The van der Waals surface area contributed by atoms with Crippen LogP contribution in [0.4, 0.5) is 16.3 Å². The van der Waals surface area contributed by atoms with Gasteiger partial charge in [0.05, 0.1) is 44.0 Å². The molecule has 38 heavy (non-hydrogen) atoms. The van der Waals surface area contributed by atoms with Crippen LogP contribution in [0.15, 0.2) is 30.5 Å². The summed E-state index contributed by atoms with van der Waals surface area (Å²) in [5.41, 5.74) is 2.33. The number of morpholine rings is 1. The molecule has 4 heterocycles. The molecule has 2 fully saturated rings. The number of urea groups is 1. The van der Waals surface area contributed by atoms with Crippen molar-refractivity contribution in [1.82, 2.24) is 30.0 Å². The average Bonchev–Trinajstić information content (AvgIpc) is 3.38. The van der Waals surface area contributed by atoms with Crippen LogP contribution in [0.5, 0.6) is 0 Å². The Morgan fingerprint density at radius 3 is 2.50 bits per heavy atom. The Bertz CT molecular complexity index is 1260. The molecule has 2 aliphatic rings. The van der Waals surface area contributed by atoms with Gasteiger partial charge in [0.15, 0.2) is 11.5 Å². The summed E-state index contributed by atoms with van der Waals surface area (Å²) in [6, 6.07) is 7.38. The lowest BCUT2D eigenvalue weighted by molar-refractivity contribution is -0.144. The summed E-state index contributed by atoms with van der Waals surface area (Å²) in [5.74, 6) is 1.28. The number of anilines is 2. The summed E-state index contributed by atoms with van der Waals surface area (Å²) in [4.78, 5) is 37.9. The van der Waals surface area contributed by atoms with E-state index in [9.17, 15) is 9.59 Å². The van der Waals surface area contributed by atoms with Gasteiger partial charge in [0, 0.05) is 44.5 Å². The third kappa shape index (κ3) is 5.70. The van der Waals surface area contributed by atoms with E-state index in [2.05, 4.69) is 20.4 Å². The predicted molar refractivity (Wildman–Crippen MR) is 143 cm³/mol. The van der Waals surface area contributed by atoms with Gasteiger partial charge in [0.2, 0.25) is 0 Å². The molecule has 1 aromatic carbocycles. The number of carbonyl (C=O) groups is 2. The highest BCUT2D eigenvalue weighted by molar-refractivity contribution is 5.90. The number of hydrogen-bond donors (Lipinski definition) is 2. The largest absolute Gasteiger partial charge is 0.465 e. The first-order valence-corrected chi connectivity index (χ1v) is 13.1. The number of likely N-dealkylation sites (tertiary alicyclic amines) is 1. The zero-order valence-corrected chi connectivity index (χ0v) is 21.9. The monoisotopic (exact) mass is 522 g/mol. The van der Waals surface area contributed by atoms with Crippen molar-refractivity contribution in [2.75, 3.05) is 69.8 Å². The number of aromatic nitrogens is 4. The molecule has 12 nitrogen and oxygen atoms in total. The van der Waals surface area contributed by atoms with Crippen LogP contribution in [0.3, 0.4) is 0 Å². The molecule has 2 aliphatic heterocycles.